The van der Waals surface area contributed by atoms with Crippen LogP contribution < -0.4 is 10.6 Å². The first kappa shape index (κ1) is 17.1. The maximum atomic E-state index is 11.7. The number of amides is 3. The monoisotopic (exact) mass is 332 g/mol. The summed E-state index contributed by atoms with van der Waals surface area (Å²) < 4.78 is 1.93. The van der Waals surface area contributed by atoms with Gasteiger partial charge >= 0.3 is 6.03 Å². The molecule has 3 amide bonds. The molecular weight excluding hydrogens is 312 g/mol. The van der Waals surface area contributed by atoms with E-state index in [2.05, 4.69) is 33.8 Å². The predicted octanol–water partition coefficient (Wildman–Crippen LogP) is 2.43. The summed E-state index contributed by atoms with van der Waals surface area (Å²) in [6.45, 7) is 6.35. The molecule has 2 rings (SSSR count). The van der Waals surface area contributed by atoms with Crippen molar-refractivity contribution in [1.29, 1.82) is 0 Å². The van der Waals surface area contributed by atoms with Crippen LogP contribution in [0.1, 0.15) is 18.1 Å². The van der Waals surface area contributed by atoms with Crippen molar-refractivity contribution in [3.63, 3.8) is 0 Å². The van der Waals surface area contributed by atoms with Gasteiger partial charge in [0.25, 0.3) is 0 Å². The van der Waals surface area contributed by atoms with Gasteiger partial charge in [0, 0.05) is 24.6 Å². The van der Waals surface area contributed by atoms with Crippen molar-refractivity contribution >= 4 is 23.7 Å². The van der Waals surface area contributed by atoms with Crippen molar-refractivity contribution in [3.8, 4) is 5.69 Å². The van der Waals surface area contributed by atoms with Gasteiger partial charge in [0.1, 0.15) is 0 Å². The Bertz CT molecular complexity index is 692. The summed E-state index contributed by atoms with van der Waals surface area (Å²) in [5.41, 5.74) is 3.34. The van der Waals surface area contributed by atoms with Crippen molar-refractivity contribution in [2.75, 3.05) is 12.3 Å². The van der Waals surface area contributed by atoms with Gasteiger partial charge < -0.3 is 5.32 Å². The van der Waals surface area contributed by atoms with E-state index in [0.717, 1.165) is 5.69 Å². The summed E-state index contributed by atoms with van der Waals surface area (Å²) >= 11 is 1.29. The number of nitrogens with one attached hydrogen (secondary N) is 2. The summed E-state index contributed by atoms with van der Waals surface area (Å²) in [6, 6.07) is 5.75. The van der Waals surface area contributed by atoms with Crippen molar-refractivity contribution < 1.29 is 9.59 Å². The van der Waals surface area contributed by atoms with Gasteiger partial charge in [-0.25, -0.2) is 9.78 Å². The van der Waals surface area contributed by atoms with E-state index in [1.807, 2.05) is 24.6 Å². The Kier molecular flexibility index (Phi) is 5.81. The Balaban J connectivity index is 2.04. The molecule has 0 spiro atoms. The summed E-state index contributed by atoms with van der Waals surface area (Å²) in [5.74, 6) is -0.227. The minimum Gasteiger partial charge on any atom is -0.338 e. The van der Waals surface area contributed by atoms with E-state index in [1.54, 1.807) is 13.1 Å². The fourth-order valence-electron chi connectivity index (χ4n) is 2.18. The lowest BCUT2D eigenvalue weighted by Crippen LogP contribution is -2.40. The van der Waals surface area contributed by atoms with Crippen LogP contribution in [-0.4, -0.2) is 33.8 Å². The van der Waals surface area contributed by atoms with Gasteiger partial charge in [-0.05, 0) is 44.0 Å². The van der Waals surface area contributed by atoms with Crippen LogP contribution in [0.3, 0.4) is 0 Å². The molecule has 0 saturated heterocycles. The van der Waals surface area contributed by atoms with Gasteiger partial charge in [-0.2, -0.15) is 0 Å². The van der Waals surface area contributed by atoms with E-state index in [9.17, 15) is 9.59 Å². The lowest BCUT2D eigenvalue weighted by atomic mass is 10.1. The van der Waals surface area contributed by atoms with Crippen LogP contribution in [0.25, 0.3) is 5.69 Å². The maximum Gasteiger partial charge on any atom is 0.321 e. The number of hydrogen-bond donors (Lipinski definition) is 2. The van der Waals surface area contributed by atoms with Crippen LogP contribution >= 0.6 is 11.8 Å². The molecule has 23 heavy (non-hydrogen) atoms. The van der Waals surface area contributed by atoms with Crippen LogP contribution in [-0.2, 0) is 4.79 Å². The van der Waals surface area contributed by atoms with E-state index in [4.69, 9.17) is 0 Å². The Morgan fingerprint density at radius 3 is 2.57 bits per heavy atom. The first-order chi connectivity index (χ1) is 11.0. The zero-order valence-corrected chi connectivity index (χ0v) is 14.2. The SMILES string of the molecule is CCNC(=O)NC(=O)CSc1nccn1-c1cc(C)cc(C)c1. The van der Waals surface area contributed by atoms with E-state index >= 15 is 0 Å². The third-order valence-electron chi connectivity index (χ3n) is 3.01. The molecule has 6 nitrogen and oxygen atoms in total. The lowest BCUT2D eigenvalue weighted by molar-refractivity contribution is -0.117. The molecule has 0 fully saturated rings. The van der Waals surface area contributed by atoms with Crippen molar-refractivity contribution in [1.82, 2.24) is 20.2 Å². The third-order valence-corrected chi connectivity index (χ3v) is 3.98. The number of carbonyl (C=O) groups is 2. The zero-order valence-electron chi connectivity index (χ0n) is 13.4. The number of nitrogens with zero attached hydrogens (tertiary/aromatic N) is 2. The van der Waals surface area contributed by atoms with E-state index in [0.29, 0.717) is 11.7 Å². The van der Waals surface area contributed by atoms with Crippen LogP contribution in [0.2, 0.25) is 0 Å². The van der Waals surface area contributed by atoms with E-state index < -0.39 is 6.03 Å². The second-order valence-electron chi connectivity index (χ2n) is 5.12. The smallest absolute Gasteiger partial charge is 0.321 e. The molecule has 0 saturated carbocycles. The lowest BCUT2D eigenvalue weighted by Gasteiger charge is -2.09. The van der Waals surface area contributed by atoms with Gasteiger partial charge in [0.15, 0.2) is 5.16 Å². The molecular formula is C16H20N4O2S. The van der Waals surface area contributed by atoms with Crippen LogP contribution in [0.5, 0.6) is 0 Å². The molecule has 7 heteroatoms. The predicted molar refractivity (Wildman–Crippen MR) is 91.0 cm³/mol. The van der Waals surface area contributed by atoms with E-state index in [-0.39, 0.29) is 11.7 Å². The number of aromatic nitrogens is 2. The number of urea groups is 1. The number of thioether (sulfide) groups is 1. The highest BCUT2D eigenvalue weighted by Gasteiger charge is 2.11. The first-order valence-corrected chi connectivity index (χ1v) is 8.30. The molecule has 0 aliphatic rings. The van der Waals surface area contributed by atoms with Gasteiger partial charge in [0.05, 0.1) is 5.75 Å². The van der Waals surface area contributed by atoms with Gasteiger partial charge in [0.2, 0.25) is 5.91 Å². The number of imide groups is 1. The Hall–Kier alpha value is -2.28. The summed E-state index contributed by atoms with van der Waals surface area (Å²) in [6.07, 6.45) is 3.56. The van der Waals surface area contributed by atoms with Crippen molar-refractivity contribution in [3.05, 3.63) is 41.7 Å². The standard InChI is InChI=1S/C16H20N4O2S/c1-4-17-15(22)19-14(21)10-23-16-18-5-6-20(16)13-8-11(2)7-12(3)9-13/h5-9H,4,10H2,1-3H3,(H2,17,19,21,22). The molecule has 0 aliphatic heterocycles. The number of carbonyl (C=O) groups excluding carboxylic acids is 2. The Morgan fingerprint density at radius 2 is 1.91 bits per heavy atom. The van der Waals surface area contributed by atoms with Crippen LogP contribution in [0, 0.1) is 13.8 Å². The molecule has 122 valence electrons. The second-order valence-corrected chi connectivity index (χ2v) is 6.06. The Morgan fingerprint density at radius 1 is 1.22 bits per heavy atom. The Labute approximate surface area is 139 Å². The fraction of sp³-hybridized carbons (Fsp3) is 0.312. The summed E-state index contributed by atoms with van der Waals surface area (Å²) in [4.78, 5) is 27.3. The molecule has 2 aromatic rings. The molecule has 1 aromatic heterocycles. The third kappa shape index (κ3) is 4.85. The van der Waals surface area contributed by atoms with Gasteiger partial charge in [-0.15, -0.1) is 0 Å². The topological polar surface area (TPSA) is 76.0 Å². The highest BCUT2D eigenvalue weighted by molar-refractivity contribution is 7.99. The first-order valence-electron chi connectivity index (χ1n) is 7.32. The zero-order chi connectivity index (χ0) is 16.8. The molecule has 0 aliphatic carbocycles. The highest BCUT2D eigenvalue weighted by Crippen LogP contribution is 2.21. The average Bonchev–Trinajstić information content (AvgIpc) is 2.92. The number of imidazole rings is 1. The second kappa shape index (κ2) is 7.82. The van der Waals surface area contributed by atoms with Crippen LogP contribution in [0.15, 0.2) is 35.7 Å². The van der Waals surface area contributed by atoms with E-state index in [1.165, 1.54) is 22.9 Å². The molecule has 1 aromatic carbocycles. The number of benzene rings is 1. The number of rotatable bonds is 5. The summed E-state index contributed by atoms with van der Waals surface area (Å²) in [5, 5.41) is 5.50. The normalized spacial score (nSPS) is 10.4. The number of hydrogen-bond acceptors (Lipinski definition) is 4. The largest absolute Gasteiger partial charge is 0.338 e. The van der Waals surface area contributed by atoms with Crippen molar-refractivity contribution in [2.24, 2.45) is 0 Å². The van der Waals surface area contributed by atoms with Gasteiger partial charge in [-0.3, -0.25) is 14.7 Å². The quantitative estimate of drug-likeness (QED) is 0.825. The minimum atomic E-state index is -0.476. The molecule has 1 heterocycles. The molecule has 0 bridgehead atoms. The molecule has 2 N–H and O–H groups in total. The van der Waals surface area contributed by atoms with Gasteiger partial charge in [-0.1, -0.05) is 17.8 Å². The van der Waals surface area contributed by atoms with Crippen LogP contribution in [0.4, 0.5) is 4.79 Å². The summed E-state index contributed by atoms with van der Waals surface area (Å²) in [7, 11) is 0. The average molecular weight is 332 g/mol. The maximum absolute atomic E-state index is 11.7. The highest BCUT2D eigenvalue weighted by atomic mass is 32.2. The minimum absolute atomic E-state index is 0.124. The fourth-order valence-corrected chi connectivity index (χ4v) is 2.95. The number of aryl methyl sites for hydroxylation is 2. The molecule has 0 atom stereocenters. The molecule has 0 unspecified atom stereocenters. The van der Waals surface area contributed by atoms with Crippen molar-refractivity contribution in [2.45, 2.75) is 25.9 Å². The molecule has 0 radical (unpaired) electrons.